The monoisotopic (exact) mass is 454 g/mol. The van der Waals surface area contributed by atoms with Crippen molar-refractivity contribution in [3.05, 3.63) is 59.9 Å². The quantitative estimate of drug-likeness (QED) is 0.498. The Bertz CT molecular complexity index is 938. The van der Waals surface area contributed by atoms with Gasteiger partial charge in [-0.3, -0.25) is 9.10 Å². The zero-order valence-electron chi connectivity index (χ0n) is 17.1. The SMILES string of the molecule is COc1ccccc1N(CCCC(=O)NCCSCc1ccccc1F)S(C)(=O)=O. The van der Waals surface area contributed by atoms with Gasteiger partial charge in [-0.15, -0.1) is 0 Å². The summed E-state index contributed by atoms with van der Waals surface area (Å²) in [6.45, 7) is 0.648. The molecule has 6 nitrogen and oxygen atoms in total. The first kappa shape index (κ1) is 24.0. The van der Waals surface area contributed by atoms with Crippen LogP contribution >= 0.6 is 11.8 Å². The molecule has 0 aliphatic carbocycles. The van der Waals surface area contributed by atoms with Gasteiger partial charge in [-0.05, 0) is 30.2 Å². The van der Waals surface area contributed by atoms with Crippen LogP contribution in [0.4, 0.5) is 10.1 Å². The number of hydrogen-bond acceptors (Lipinski definition) is 5. The number of hydrogen-bond donors (Lipinski definition) is 1. The number of methoxy groups -OCH3 is 1. The Labute approximate surface area is 181 Å². The van der Waals surface area contributed by atoms with Gasteiger partial charge >= 0.3 is 0 Å². The lowest BCUT2D eigenvalue weighted by Gasteiger charge is -2.24. The number of nitrogens with one attached hydrogen (secondary N) is 1. The molecule has 0 fully saturated rings. The molecule has 0 heterocycles. The van der Waals surface area contributed by atoms with Gasteiger partial charge in [0.2, 0.25) is 15.9 Å². The van der Waals surface area contributed by atoms with Gasteiger partial charge in [0, 0.05) is 31.0 Å². The maximum atomic E-state index is 13.5. The Morgan fingerprint density at radius 2 is 1.87 bits per heavy atom. The number of rotatable bonds is 12. The fourth-order valence-electron chi connectivity index (χ4n) is 2.83. The predicted octanol–water partition coefficient (Wildman–Crippen LogP) is 3.43. The predicted molar refractivity (Wildman–Crippen MR) is 120 cm³/mol. The lowest BCUT2D eigenvalue weighted by Crippen LogP contribution is -2.32. The highest BCUT2D eigenvalue weighted by Gasteiger charge is 2.20. The van der Waals surface area contributed by atoms with E-state index in [-0.39, 0.29) is 24.7 Å². The van der Waals surface area contributed by atoms with E-state index in [0.29, 0.717) is 41.5 Å². The van der Waals surface area contributed by atoms with Gasteiger partial charge in [0.15, 0.2) is 0 Å². The Kier molecular flexibility index (Phi) is 9.45. The molecule has 2 aromatic rings. The number of ether oxygens (including phenoxy) is 1. The summed E-state index contributed by atoms with van der Waals surface area (Å²) in [6.07, 6.45) is 1.71. The van der Waals surface area contributed by atoms with E-state index in [2.05, 4.69) is 5.32 Å². The molecule has 1 amide bonds. The van der Waals surface area contributed by atoms with Gasteiger partial charge in [0.05, 0.1) is 19.1 Å². The average molecular weight is 455 g/mol. The molecule has 2 aromatic carbocycles. The first-order chi connectivity index (χ1) is 14.3. The topological polar surface area (TPSA) is 75.7 Å². The standard InChI is InChI=1S/C21H27FN2O4S2/c1-28-20-11-6-5-10-19(20)24(30(2,26)27)14-7-12-21(25)23-13-15-29-16-17-8-3-4-9-18(17)22/h3-6,8-11H,7,12-16H2,1-2H3,(H,23,25). The van der Waals surface area contributed by atoms with Crippen LogP contribution in [0.3, 0.4) is 0 Å². The minimum atomic E-state index is -3.52. The van der Waals surface area contributed by atoms with E-state index in [1.165, 1.54) is 29.2 Å². The summed E-state index contributed by atoms with van der Waals surface area (Å²) in [7, 11) is -2.03. The van der Waals surface area contributed by atoms with E-state index in [9.17, 15) is 17.6 Å². The second-order valence-corrected chi connectivity index (χ2v) is 9.62. The molecule has 0 saturated heterocycles. The summed E-state index contributed by atoms with van der Waals surface area (Å²) in [5, 5.41) is 2.81. The van der Waals surface area contributed by atoms with E-state index in [0.717, 1.165) is 6.26 Å². The number of benzene rings is 2. The molecule has 0 aliphatic heterocycles. The highest BCUT2D eigenvalue weighted by Crippen LogP contribution is 2.29. The first-order valence-corrected chi connectivity index (χ1v) is 12.5. The van der Waals surface area contributed by atoms with Crippen LogP contribution in [-0.4, -0.2) is 46.5 Å². The average Bonchev–Trinajstić information content (AvgIpc) is 2.71. The number of carbonyl (C=O) groups excluding carboxylic acids is 1. The lowest BCUT2D eigenvalue weighted by atomic mass is 10.2. The number of anilines is 1. The summed E-state index contributed by atoms with van der Waals surface area (Å²) >= 11 is 1.54. The molecule has 9 heteroatoms. The van der Waals surface area contributed by atoms with Crippen molar-refractivity contribution in [1.29, 1.82) is 0 Å². The van der Waals surface area contributed by atoms with Crippen LogP contribution in [0.15, 0.2) is 48.5 Å². The van der Waals surface area contributed by atoms with E-state index in [1.54, 1.807) is 42.5 Å². The van der Waals surface area contributed by atoms with Crippen molar-refractivity contribution >= 4 is 33.4 Å². The minimum Gasteiger partial charge on any atom is -0.495 e. The molecular weight excluding hydrogens is 427 g/mol. The first-order valence-electron chi connectivity index (χ1n) is 9.51. The number of amides is 1. The van der Waals surface area contributed by atoms with E-state index >= 15 is 0 Å². The van der Waals surface area contributed by atoms with Crippen molar-refractivity contribution in [3.63, 3.8) is 0 Å². The molecule has 2 rings (SSSR count). The van der Waals surface area contributed by atoms with Crippen molar-refractivity contribution in [2.75, 3.05) is 36.5 Å². The Morgan fingerprint density at radius 3 is 2.57 bits per heavy atom. The summed E-state index contributed by atoms with van der Waals surface area (Å²) in [5.41, 5.74) is 1.10. The number of thioether (sulfide) groups is 1. The van der Waals surface area contributed by atoms with Gasteiger partial charge in [-0.2, -0.15) is 11.8 Å². The van der Waals surface area contributed by atoms with Gasteiger partial charge in [-0.1, -0.05) is 30.3 Å². The number of carbonyl (C=O) groups is 1. The molecule has 0 unspecified atom stereocenters. The second kappa shape index (κ2) is 11.8. The van der Waals surface area contributed by atoms with Crippen molar-refractivity contribution < 1.29 is 22.3 Å². The summed E-state index contributed by atoms with van der Waals surface area (Å²) in [4.78, 5) is 12.0. The molecule has 0 spiro atoms. The van der Waals surface area contributed by atoms with Crippen LogP contribution in [0.1, 0.15) is 18.4 Å². The van der Waals surface area contributed by atoms with Crippen LogP contribution in [0.25, 0.3) is 0 Å². The third-order valence-electron chi connectivity index (χ3n) is 4.30. The minimum absolute atomic E-state index is 0.144. The fraction of sp³-hybridized carbons (Fsp3) is 0.381. The van der Waals surface area contributed by atoms with Gasteiger partial charge in [0.25, 0.3) is 0 Å². The second-order valence-electron chi connectivity index (χ2n) is 6.60. The molecular formula is C21H27FN2O4S2. The summed E-state index contributed by atoms with van der Waals surface area (Å²) < 4.78 is 44.5. The number of nitrogens with zero attached hydrogens (tertiary/aromatic N) is 1. The van der Waals surface area contributed by atoms with Gasteiger partial charge in [-0.25, -0.2) is 12.8 Å². The third kappa shape index (κ3) is 7.53. The Balaban J connectivity index is 1.74. The van der Waals surface area contributed by atoms with Crippen molar-refractivity contribution in [2.24, 2.45) is 0 Å². The van der Waals surface area contributed by atoms with Crippen molar-refractivity contribution in [2.45, 2.75) is 18.6 Å². The molecule has 30 heavy (non-hydrogen) atoms. The number of halogens is 1. The fourth-order valence-corrected chi connectivity index (χ4v) is 4.65. The molecule has 0 aromatic heterocycles. The smallest absolute Gasteiger partial charge is 0.232 e. The summed E-state index contributed by atoms with van der Waals surface area (Å²) in [6, 6.07) is 13.5. The molecule has 0 radical (unpaired) electrons. The lowest BCUT2D eigenvalue weighted by molar-refractivity contribution is -0.121. The number of para-hydroxylation sites is 2. The third-order valence-corrected chi connectivity index (χ3v) is 6.49. The van der Waals surface area contributed by atoms with E-state index in [4.69, 9.17) is 4.74 Å². The molecule has 1 N–H and O–H groups in total. The van der Waals surface area contributed by atoms with Crippen LogP contribution in [-0.2, 0) is 20.6 Å². The van der Waals surface area contributed by atoms with E-state index in [1.807, 2.05) is 0 Å². The van der Waals surface area contributed by atoms with Crippen LogP contribution in [0, 0.1) is 5.82 Å². The number of sulfonamides is 1. The molecule has 0 atom stereocenters. The van der Waals surface area contributed by atoms with Crippen LogP contribution < -0.4 is 14.4 Å². The molecule has 164 valence electrons. The highest BCUT2D eigenvalue weighted by atomic mass is 32.2. The molecule has 0 bridgehead atoms. The Hall–Kier alpha value is -2.26. The zero-order chi connectivity index (χ0) is 22.0. The van der Waals surface area contributed by atoms with Gasteiger partial charge < -0.3 is 10.1 Å². The van der Waals surface area contributed by atoms with Gasteiger partial charge in [0.1, 0.15) is 11.6 Å². The normalized spacial score (nSPS) is 11.2. The zero-order valence-corrected chi connectivity index (χ0v) is 18.8. The largest absolute Gasteiger partial charge is 0.495 e. The molecule has 0 saturated carbocycles. The van der Waals surface area contributed by atoms with Crippen molar-refractivity contribution in [1.82, 2.24) is 5.32 Å². The van der Waals surface area contributed by atoms with Crippen molar-refractivity contribution in [3.8, 4) is 5.75 Å². The summed E-state index contributed by atoms with van der Waals surface area (Å²) in [5.74, 6) is 1.30. The maximum Gasteiger partial charge on any atom is 0.232 e. The maximum absolute atomic E-state index is 13.5. The molecule has 0 aliphatic rings. The highest BCUT2D eigenvalue weighted by molar-refractivity contribution is 7.98. The van der Waals surface area contributed by atoms with Crippen LogP contribution in [0.2, 0.25) is 0 Å². The van der Waals surface area contributed by atoms with Crippen LogP contribution in [0.5, 0.6) is 5.75 Å². The Morgan fingerprint density at radius 1 is 1.17 bits per heavy atom. The van der Waals surface area contributed by atoms with E-state index < -0.39 is 10.0 Å².